The Morgan fingerprint density at radius 1 is 1.18 bits per heavy atom. The molecule has 1 aromatic carbocycles. The van der Waals surface area contributed by atoms with Crippen LogP contribution in [0.4, 0.5) is 5.69 Å². The molecule has 6 rings (SSSR count). The van der Waals surface area contributed by atoms with Gasteiger partial charge in [-0.15, -0.1) is 0 Å². The van der Waals surface area contributed by atoms with Gasteiger partial charge in [-0.25, -0.2) is 0 Å². The molecule has 2 saturated heterocycles. The van der Waals surface area contributed by atoms with Crippen molar-refractivity contribution in [1.82, 2.24) is 14.5 Å². The number of hydrogen-bond donors (Lipinski definition) is 0. The molecule has 7 nitrogen and oxygen atoms in total. The van der Waals surface area contributed by atoms with Gasteiger partial charge in [0.25, 0.3) is 0 Å². The van der Waals surface area contributed by atoms with Gasteiger partial charge in [0, 0.05) is 78.5 Å². The molecule has 2 aliphatic heterocycles. The first-order valence-electron chi connectivity index (χ1n) is 14.7. The van der Waals surface area contributed by atoms with Crippen LogP contribution in [0.15, 0.2) is 34.9 Å². The number of piperazine rings is 1. The number of rotatable bonds is 6. The molecule has 0 N–H and O–H groups in total. The molecular formula is C32H41BrN4O3. The van der Waals surface area contributed by atoms with Crippen molar-refractivity contribution < 1.29 is 14.3 Å². The van der Waals surface area contributed by atoms with Crippen LogP contribution in [0.2, 0.25) is 0 Å². The number of aromatic nitrogens is 2. The molecule has 0 saturated carbocycles. The fourth-order valence-corrected chi connectivity index (χ4v) is 7.83. The molecule has 2 aromatic heterocycles. The molecule has 214 valence electrons. The number of benzene rings is 1. The van der Waals surface area contributed by atoms with E-state index in [2.05, 4.69) is 81.5 Å². The molecule has 0 radical (unpaired) electrons. The Kier molecular flexibility index (Phi) is 7.47. The minimum atomic E-state index is -0.397. The van der Waals surface area contributed by atoms with Gasteiger partial charge in [0.1, 0.15) is 6.10 Å². The monoisotopic (exact) mass is 608 g/mol. The number of methoxy groups -OCH3 is 1. The Labute approximate surface area is 246 Å². The summed E-state index contributed by atoms with van der Waals surface area (Å²) in [5, 5.41) is 1.21. The van der Waals surface area contributed by atoms with E-state index in [9.17, 15) is 4.79 Å². The van der Waals surface area contributed by atoms with Crippen LogP contribution in [0.3, 0.4) is 0 Å². The lowest BCUT2D eigenvalue weighted by Crippen LogP contribution is -2.54. The molecule has 0 bridgehead atoms. The van der Waals surface area contributed by atoms with Crippen LogP contribution in [-0.2, 0) is 20.8 Å². The van der Waals surface area contributed by atoms with E-state index in [1.807, 2.05) is 0 Å². The van der Waals surface area contributed by atoms with Gasteiger partial charge >= 0.3 is 5.97 Å². The van der Waals surface area contributed by atoms with Gasteiger partial charge in [-0.2, -0.15) is 0 Å². The van der Waals surface area contributed by atoms with Crippen LogP contribution in [0.25, 0.3) is 22.2 Å². The number of halogens is 1. The third-order valence-corrected chi connectivity index (χ3v) is 9.86. The number of anilines is 1. The SMILES string of the molecule is CCn1c2c(c3cc(Br)ccc31)C(C(C)(C)COC(C)=O)[C@H](OC)c1ncc(N3CCN4CCCC[C@@H]4C3)cc1-2. The fraction of sp³-hybridized carbons (Fsp3) is 0.562. The summed E-state index contributed by atoms with van der Waals surface area (Å²) in [6, 6.07) is 9.55. The second-order valence-corrected chi connectivity index (χ2v) is 13.2. The standard InChI is InChI=1S/C32H41BrN4O3/c1-6-37-26-11-10-21(33)15-24(26)27-28(32(3,4)19-40-20(2)38)31(39-5)29-25(30(27)37)16-23(17-34-29)36-14-13-35-12-8-7-9-22(35)18-36/h10-11,15-17,22,28,31H,6-9,12-14,18-19H2,1-5H3/t22-,28?,31+/m1/s1. The van der Waals surface area contributed by atoms with Crippen LogP contribution in [0.5, 0.6) is 0 Å². The van der Waals surface area contributed by atoms with Crippen molar-refractivity contribution >= 4 is 38.5 Å². The van der Waals surface area contributed by atoms with Crippen molar-refractivity contribution in [3.63, 3.8) is 0 Å². The molecular weight excluding hydrogens is 568 g/mol. The Balaban J connectivity index is 1.53. The predicted octanol–water partition coefficient (Wildman–Crippen LogP) is 6.53. The highest BCUT2D eigenvalue weighted by Crippen LogP contribution is 2.57. The van der Waals surface area contributed by atoms with Crippen LogP contribution in [-0.4, -0.2) is 66.4 Å². The molecule has 3 aromatic rings. The predicted molar refractivity (Wildman–Crippen MR) is 163 cm³/mol. The van der Waals surface area contributed by atoms with E-state index >= 15 is 0 Å². The number of fused-ring (bicyclic) bond motifs is 6. The molecule has 1 unspecified atom stereocenters. The number of hydrogen-bond acceptors (Lipinski definition) is 6. The zero-order valence-electron chi connectivity index (χ0n) is 24.4. The smallest absolute Gasteiger partial charge is 0.302 e. The number of piperidine rings is 1. The molecule has 0 amide bonds. The Morgan fingerprint density at radius 3 is 2.75 bits per heavy atom. The zero-order chi connectivity index (χ0) is 28.2. The fourth-order valence-electron chi connectivity index (χ4n) is 7.47. The molecule has 1 aliphatic carbocycles. The van der Waals surface area contributed by atoms with Crippen LogP contribution < -0.4 is 4.90 Å². The largest absolute Gasteiger partial charge is 0.465 e. The number of nitrogens with zero attached hydrogens (tertiary/aromatic N) is 4. The van der Waals surface area contributed by atoms with Gasteiger partial charge in [-0.3, -0.25) is 14.7 Å². The summed E-state index contributed by atoms with van der Waals surface area (Å²) >= 11 is 3.73. The van der Waals surface area contributed by atoms with Crippen molar-refractivity contribution in [2.45, 2.75) is 71.6 Å². The minimum absolute atomic E-state index is 0.0620. The van der Waals surface area contributed by atoms with Crippen LogP contribution >= 0.6 is 15.9 Å². The minimum Gasteiger partial charge on any atom is -0.465 e. The zero-order valence-corrected chi connectivity index (χ0v) is 26.0. The number of carbonyl (C=O) groups is 1. The average molecular weight is 610 g/mol. The lowest BCUT2D eigenvalue weighted by molar-refractivity contribution is -0.145. The third-order valence-electron chi connectivity index (χ3n) is 9.37. The maximum Gasteiger partial charge on any atom is 0.302 e. The molecule has 8 heteroatoms. The van der Waals surface area contributed by atoms with E-state index < -0.39 is 5.41 Å². The van der Waals surface area contributed by atoms with E-state index in [4.69, 9.17) is 14.5 Å². The van der Waals surface area contributed by atoms with Gasteiger partial charge in [0.05, 0.1) is 29.9 Å². The second-order valence-electron chi connectivity index (χ2n) is 12.3. The van der Waals surface area contributed by atoms with Crippen molar-refractivity contribution in [1.29, 1.82) is 0 Å². The van der Waals surface area contributed by atoms with E-state index in [0.717, 1.165) is 41.9 Å². The highest BCUT2D eigenvalue weighted by molar-refractivity contribution is 9.10. The quantitative estimate of drug-likeness (QED) is 0.296. The molecule has 4 heterocycles. The number of pyridine rings is 1. The summed E-state index contributed by atoms with van der Waals surface area (Å²) in [5.74, 6) is -0.328. The molecule has 2 fully saturated rings. The van der Waals surface area contributed by atoms with E-state index in [0.29, 0.717) is 12.6 Å². The first-order chi connectivity index (χ1) is 19.2. The van der Waals surface area contributed by atoms with E-state index in [-0.39, 0.29) is 18.0 Å². The van der Waals surface area contributed by atoms with Crippen molar-refractivity contribution in [2.24, 2.45) is 5.41 Å². The van der Waals surface area contributed by atoms with Crippen molar-refractivity contribution in [2.75, 3.05) is 44.8 Å². The maximum absolute atomic E-state index is 11.9. The highest BCUT2D eigenvalue weighted by Gasteiger charge is 2.47. The topological polar surface area (TPSA) is 59.8 Å². The van der Waals surface area contributed by atoms with Gasteiger partial charge < -0.3 is 18.9 Å². The summed E-state index contributed by atoms with van der Waals surface area (Å²) in [5.41, 5.74) is 6.58. The van der Waals surface area contributed by atoms with Gasteiger partial charge in [0.2, 0.25) is 0 Å². The molecule has 0 spiro atoms. The van der Waals surface area contributed by atoms with E-state index in [1.54, 1.807) is 7.11 Å². The third kappa shape index (κ3) is 4.66. The number of ether oxygens (including phenoxy) is 2. The summed E-state index contributed by atoms with van der Waals surface area (Å²) < 4.78 is 15.4. The van der Waals surface area contributed by atoms with Gasteiger partial charge in [0.15, 0.2) is 0 Å². The van der Waals surface area contributed by atoms with Crippen molar-refractivity contribution in [3.8, 4) is 11.3 Å². The summed E-state index contributed by atoms with van der Waals surface area (Å²) in [7, 11) is 1.78. The average Bonchev–Trinajstić information content (AvgIpc) is 3.28. The van der Waals surface area contributed by atoms with Crippen LogP contribution in [0.1, 0.15) is 70.2 Å². The summed E-state index contributed by atoms with van der Waals surface area (Å²) in [4.78, 5) is 22.2. The lowest BCUT2D eigenvalue weighted by atomic mass is 9.67. The van der Waals surface area contributed by atoms with Crippen molar-refractivity contribution in [3.05, 3.63) is 46.2 Å². The first kappa shape index (κ1) is 27.7. The number of aryl methyl sites for hydroxylation is 1. The summed E-state index contributed by atoms with van der Waals surface area (Å²) in [6.45, 7) is 13.6. The number of esters is 1. The highest BCUT2D eigenvalue weighted by atomic mass is 79.9. The van der Waals surface area contributed by atoms with E-state index in [1.165, 1.54) is 60.6 Å². The van der Waals surface area contributed by atoms with Gasteiger partial charge in [-0.1, -0.05) is 36.2 Å². The Morgan fingerprint density at radius 2 is 2.00 bits per heavy atom. The normalized spacial score (nSPS) is 23.1. The number of carbonyl (C=O) groups excluding carboxylic acids is 1. The Hall–Kier alpha value is -2.42. The lowest BCUT2D eigenvalue weighted by Gasteiger charge is -2.45. The molecule has 3 aliphatic rings. The Bertz CT molecular complexity index is 1430. The van der Waals surface area contributed by atoms with Crippen LogP contribution in [0, 0.1) is 5.41 Å². The molecule has 3 atom stereocenters. The maximum atomic E-state index is 11.9. The first-order valence-corrected chi connectivity index (χ1v) is 15.5. The second kappa shape index (κ2) is 10.8. The molecule has 40 heavy (non-hydrogen) atoms. The summed E-state index contributed by atoms with van der Waals surface area (Å²) in [6.07, 6.45) is 5.72. The van der Waals surface area contributed by atoms with Gasteiger partial charge in [-0.05, 0) is 56.1 Å².